The Morgan fingerprint density at radius 2 is 1.51 bits per heavy atom. The highest BCUT2D eigenvalue weighted by molar-refractivity contribution is 5.92. The van der Waals surface area contributed by atoms with Crippen LogP contribution in [0.4, 0.5) is 5.69 Å². The second kappa shape index (κ2) is 12.9. The van der Waals surface area contributed by atoms with Crippen LogP contribution in [0.3, 0.4) is 0 Å². The Morgan fingerprint density at radius 1 is 0.902 bits per heavy atom. The fraction of sp³-hybridized carbons (Fsp3) is 0.300. The molecule has 3 aromatic rings. The van der Waals surface area contributed by atoms with Gasteiger partial charge >= 0.3 is 0 Å². The summed E-state index contributed by atoms with van der Waals surface area (Å²) in [5.41, 5.74) is 2.53. The van der Waals surface area contributed by atoms with Crippen molar-refractivity contribution in [1.29, 1.82) is 0 Å². The van der Waals surface area contributed by atoms with Crippen LogP contribution in [0.1, 0.15) is 22.7 Å². The van der Waals surface area contributed by atoms with Gasteiger partial charge in [-0.3, -0.25) is 14.9 Å². The lowest BCUT2D eigenvalue weighted by Crippen LogP contribution is -2.41. The predicted molar refractivity (Wildman–Crippen MR) is 151 cm³/mol. The third kappa shape index (κ3) is 6.29. The van der Waals surface area contributed by atoms with Crippen molar-refractivity contribution >= 4 is 17.7 Å². The number of hydrogen-bond donors (Lipinski definition) is 0. The lowest BCUT2D eigenvalue weighted by atomic mass is 9.92. The minimum atomic E-state index is -0.471. The number of benzene rings is 3. The molecule has 0 bridgehead atoms. The van der Waals surface area contributed by atoms with E-state index in [9.17, 15) is 14.9 Å². The molecule has 11 heteroatoms. The van der Waals surface area contributed by atoms with Gasteiger partial charge in [0.25, 0.3) is 5.69 Å². The maximum Gasteiger partial charge on any atom is 0.269 e. The second-order valence-corrected chi connectivity index (χ2v) is 9.06. The maximum absolute atomic E-state index is 13.6. The summed E-state index contributed by atoms with van der Waals surface area (Å²) in [5.74, 6) is 2.76. The SMILES string of the molecule is COc1cc2c(cc1OC)C(COc1ccc([N+](=O)[O-])cc1)N(C(=O)/C=C/c1cc(OC)c(OC)c(OC)c1)CC2. The summed E-state index contributed by atoms with van der Waals surface area (Å²) >= 11 is 0. The number of nitro benzene ring substituents is 1. The van der Waals surface area contributed by atoms with Crippen LogP contribution in [-0.4, -0.2) is 64.4 Å². The number of fused-ring (bicyclic) bond motifs is 1. The van der Waals surface area contributed by atoms with E-state index < -0.39 is 11.0 Å². The van der Waals surface area contributed by atoms with Crippen molar-refractivity contribution in [3.63, 3.8) is 0 Å². The van der Waals surface area contributed by atoms with Gasteiger partial charge < -0.3 is 33.3 Å². The van der Waals surface area contributed by atoms with E-state index in [1.165, 1.54) is 51.7 Å². The van der Waals surface area contributed by atoms with E-state index in [4.69, 9.17) is 28.4 Å². The normalized spacial score (nSPS) is 14.3. The summed E-state index contributed by atoms with van der Waals surface area (Å²) in [6, 6.07) is 12.6. The van der Waals surface area contributed by atoms with Crippen LogP contribution < -0.4 is 28.4 Å². The average Bonchev–Trinajstić information content (AvgIpc) is 3.00. The molecule has 0 saturated heterocycles. The number of methoxy groups -OCH3 is 5. The van der Waals surface area contributed by atoms with Crippen LogP contribution in [0.5, 0.6) is 34.5 Å². The molecule has 1 aliphatic heterocycles. The van der Waals surface area contributed by atoms with Crippen molar-refractivity contribution in [1.82, 2.24) is 4.90 Å². The highest BCUT2D eigenvalue weighted by atomic mass is 16.6. The van der Waals surface area contributed by atoms with E-state index >= 15 is 0 Å². The molecule has 216 valence electrons. The summed E-state index contributed by atoms with van der Waals surface area (Å²) in [6.45, 7) is 0.555. The number of nitrogens with zero attached hydrogens (tertiary/aromatic N) is 2. The monoisotopic (exact) mass is 564 g/mol. The first-order valence-electron chi connectivity index (χ1n) is 12.7. The molecule has 0 aliphatic carbocycles. The van der Waals surface area contributed by atoms with Gasteiger partial charge in [0.1, 0.15) is 12.4 Å². The van der Waals surface area contributed by atoms with Crippen LogP contribution in [0.2, 0.25) is 0 Å². The van der Waals surface area contributed by atoms with Crippen molar-refractivity contribution in [3.05, 3.63) is 81.4 Å². The van der Waals surface area contributed by atoms with Crippen LogP contribution >= 0.6 is 0 Å². The Bertz CT molecular complexity index is 1410. The van der Waals surface area contributed by atoms with Crippen LogP contribution in [-0.2, 0) is 11.2 Å². The smallest absolute Gasteiger partial charge is 0.269 e. The molecule has 0 spiro atoms. The molecule has 1 aliphatic rings. The molecule has 11 nitrogen and oxygen atoms in total. The fourth-order valence-corrected chi connectivity index (χ4v) is 4.77. The number of carbonyl (C=O) groups excluding carboxylic acids is 1. The van der Waals surface area contributed by atoms with Gasteiger partial charge in [0.05, 0.1) is 46.5 Å². The first-order chi connectivity index (χ1) is 19.8. The van der Waals surface area contributed by atoms with Gasteiger partial charge in [0, 0.05) is 24.8 Å². The van der Waals surface area contributed by atoms with Crippen molar-refractivity contribution < 1.29 is 38.1 Å². The number of hydrogen-bond acceptors (Lipinski definition) is 9. The number of carbonyl (C=O) groups is 1. The molecule has 1 unspecified atom stereocenters. The number of amides is 1. The summed E-state index contributed by atoms with van der Waals surface area (Å²) < 4.78 is 33.3. The first-order valence-corrected chi connectivity index (χ1v) is 12.7. The van der Waals surface area contributed by atoms with Gasteiger partial charge in [-0.05, 0) is 65.6 Å². The van der Waals surface area contributed by atoms with Crippen LogP contribution in [0, 0.1) is 10.1 Å². The number of rotatable bonds is 11. The lowest BCUT2D eigenvalue weighted by Gasteiger charge is -2.37. The lowest BCUT2D eigenvalue weighted by molar-refractivity contribution is -0.384. The Morgan fingerprint density at radius 3 is 2.07 bits per heavy atom. The molecule has 0 radical (unpaired) electrons. The molecule has 0 aromatic heterocycles. The third-order valence-electron chi connectivity index (χ3n) is 6.85. The van der Waals surface area contributed by atoms with Gasteiger partial charge in [0.15, 0.2) is 23.0 Å². The van der Waals surface area contributed by atoms with Gasteiger partial charge in [-0.25, -0.2) is 0 Å². The Hall–Kier alpha value is -4.93. The van der Waals surface area contributed by atoms with E-state index in [2.05, 4.69) is 0 Å². The topological polar surface area (TPSA) is 119 Å². The number of ether oxygens (including phenoxy) is 6. The van der Waals surface area contributed by atoms with E-state index in [-0.39, 0.29) is 18.2 Å². The highest BCUT2D eigenvalue weighted by Gasteiger charge is 2.32. The summed E-state index contributed by atoms with van der Waals surface area (Å²) in [7, 11) is 7.71. The zero-order valence-electron chi connectivity index (χ0n) is 23.5. The zero-order chi connectivity index (χ0) is 29.5. The van der Waals surface area contributed by atoms with Crippen LogP contribution in [0.25, 0.3) is 6.08 Å². The van der Waals surface area contributed by atoms with Gasteiger partial charge in [-0.2, -0.15) is 0 Å². The molecule has 0 fully saturated rings. The van der Waals surface area contributed by atoms with E-state index in [0.29, 0.717) is 53.0 Å². The van der Waals surface area contributed by atoms with E-state index in [1.54, 1.807) is 37.3 Å². The van der Waals surface area contributed by atoms with E-state index in [0.717, 1.165) is 11.1 Å². The molecular formula is C30H32N2O9. The van der Waals surface area contributed by atoms with Crippen molar-refractivity contribution in [3.8, 4) is 34.5 Å². The van der Waals surface area contributed by atoms with Crippen LogP contribution in [0.15, 0.2) is 54.6 Å². The Labute approximate surface area is 237 Å². The Kier molecular flexibility index (Phi) is 9.18. The average molecular weight is 565 g/mol. The van der Waals surface area contributed by atoms with Crippen molar-refractivity contribution in [2.45, 2.75) is 12.5 Å². The molecule has 1 amide bonds. The molecule has 4 rings (SSSR count). The van der Waals surface area contributed by atoms with Crippen molar-refractivity contribution in [2.75, 3.05) is 48.7 Å². The second-order valence-electron chi connectivity index (χ2n) is 9.06. The third-order valence-corrected chi connectivity index (χ3v) is 6.85. The maximum atomic E-state index is 13.6. The standard InChI is InChI=1S/C30H32N2O9/c1-36-25-16-20-12-13-31(29(33)11-6-19-14-27(38-3)30(40-5)28(15-19)39-4)24(23(20)17-26(25)37-2)18-41-22-9-7-21(8-10-22)32(34)35/h6-11,14-17,24H,12-13,18H2,1-5H3/b11-6+. The van der Waals surface area contributed by atoms with Gasteiger partial charge in [0.2, 0.25) is 11.7 Å². The molecular weight excluding hydrogens is 532 g/mol. The predicted octanol–water partition coefficient (Wildman–Crippen LogP) is 4.86. The van der Waals surface area contributed by atoms with E-state index in [1.807, 2.05) is 12.1 Å². The fourth-order valence-electron chi connectivity index (χ4n) is 4.77. The molecule has 0 N–H and O–H groups in total. The molecule has 3 aromatic carbocycles. The number of non-ortho nitro benzene ring substituents is 1. The highest BCUT2D eigenvalue weighted by Crippen LogP contribution is 2.40. The molecule has 1 atom stereocenters. The number of nitro groups is 1. The summed E-state index contributed by atoms with van der Waals surface area (Å²) in [4.78, 5) is 25.9. The molecule has 41 heavy (non-hydrogen) atoms. The Balaban J connectivity index is 1.65. The summed E-state index contributed by atoms with van der Waals surface area (Å²) in [5, 5.41) is 11.0. The zero-order valence-corrected chi connectivity index (χ0v) is 23.5. The quantitative estimate of drug-likeness (QED) is 0.183. The minimum Gasteiger partial charge on any atom is -0.493 e. The first kappa shape index (κ1) is 29.1. The summed E-state index contributed by atoms with van der Waals surface area (Å²) in [6.07, 6.45) is 3.78. The van der Waals surface area contributed by atoms with Crippen molar-refractivity contribution in [2.24, 2.45) is 0 Å². The minimum absolute atomic E-state index is 0.0362. The molecule has 1 heterocycles. The van der Waals surface area contributed by atoms with Gasteiger partial charge in [-0.15, -0.1) is 0 Å². The molecule has 0 saturated carbocycles. The largest absolute Gasteiger partial charge is 0.493 e. The van der Waals surface area contributed by atoms with Gasteiger partial charge in [-0.1, -0.05) is 0 Å².